The molecule has 0 aliphatic rings. The predicted octanol–water partition coefficient (Wildman–Crippen LogP) is 5.46. The van der Waals surface area contributed by atoms with Gasteiger partial charge < -0.3 is 14.2 Å². The van der Waals surface area contributed by atoms with Crippen molar-refractivity contribution < 1.29 is 19.0 Å². The lowest BCUT2D eigenvalue weighted by Gasteiger charge is -2.10. The van der Waals surface area contributed by atoms with Crippen LogP contribution in [-0.2, 0) is 0 Å². The van der Waals surface area contributed by atoms with Crippen molar-refractivity contribution in [2.45, 2.75) is 0 Å². The lowest BCUT2D eigenvalue weighted by Crippen LogP contribution is -2.05. The molecule has 0 atom stereocenters. The zero-order valence-electron chi connectivity index (χ0n) is 14.4. The zero-order valence-corrected chi connectivity index (χ0v) is 16.8. The van der Waals surface area contributed by atoms with Crippen LogP contribution < -0.4 is 14.2 Å². The van der Waals surface area contributed by atoms with Crippen molar-refractivity contribution in [2.75, 3.05) is 21.3 Å². The van der Waals surface area contributed by atoms with Crippen molar-refractivity contribution in [3.8, 4) is 27.7 Å². The van der Waals surface area contributed by atoms with E-state index in [-0.39, 0.29) is 5.78 Å². The van der Waals surface area contributed by atoms with Crippen LogP contribution in [0.3, 0.4) is 0 Å². The molecule has 0 bridgehead atoms. The average Bonchev–Trinajstić information content (AvgIpc) is 3.08. The first kappa shape index (κ1) is 18.6. The number of carbonyl (C=O) groups excluding carboxylic acids is 1. The lowest BCUT2D eigenvalue weighted by molar-refractivity contribution is 0.103. The number of benzene rings is 2. The van der Waals surface area contributed by atoms with Crippen LogP contribution >= 0.6 is 32.9 Å². The van der Waals surface area contributed by atoms with Crippen molar-refractivity contribution in [3.05, 3.63) is 57.4 Å². The number of rotatable bonds is 6. The van der Waals surface area contributed by atoms with E-state index in [1.54, 1.807) is 32.4 Å². The van der Waals surface area contributed by atoms with Crippen molar-refractivity contribution in [3.63, 3.8) is 0 Å². The predicted molar refractivity (Wildman–Crippen MR) is 108 cm³/mol. The Morgan fingerprint density at radius 1 is 0.885 bits per heavy atom. The molecule has 0 unspecified atom stereocenters. The van der Waals surface area contributed by atoms with Crippen molar-refractivity contribution >= 4 is 38.7 Å². The standard InChI is InChI=1S/C19H16O4S3/c1-21-12-6-4-11(5-7-12)18-16(19(24)26-25-18)17(20)14-9-8-13(22-2)10-15(14)23-3/h4-10H,1-3H3. The summed E-state index contributed by atoms with van der Waals surface area (Å²) in [4.78, 5) is 14.1. The van der Waals surface area contributed by atoms with Crippen LogP contribution in [0.25, 0.3) is 10.4 Å². The van der Waals surface area contributed by atoms with E-state index < -0.39 is 0 Å². The van der Waals surface area contributed by atoms with Gasteiger partial charge in [0.1, 0.15) is 21.1 Å². The van der Waals surface area contributed by atoms with Crippen LogP contribution in [0.2, 0.25) is 0 Å². The van der Waals surface area contributed by atoms with Gasteiger partial charge in [0.15, 0.2) is 0 Å². The molecule has 134 valence electrons. The molecule has 7 heteroatoms. The molecule has 1 aromatic heterocycles. The summed E-state index contributed by atoms with van der Waals surface area (Å²) in [5.41, 5.74) is 1.92. The fraction of sp³-hybridized carbons (Fsp3) is 0.158. The summed E-state index contributed by atoms with van der Waals surface area (Å²) in [6, 6.07) is 12.7. The van der Waals surface area contributed by atoms with E-state index in [9.17, 15) is 4.79 Å². The Kier molecular flexibility index (Phi) is 5.70. The van der Waals surface area contributed by atoms with E-state index in [0.717, 1.165) is 16.2 Å². The van der Waals surface area contributed by atoms with E-state index >= 15 is 0 Å². The molecule has 0 amide bonds. The van der Waals surface area contributed by atoms with E-state index in [1.807, 2.05) is 24.3 Å². The first-order valence-electron chi connectivity index (χ1n) is 7.63. The summed E-state index contributed by atoms with van der Waals surface area (Å²) in [6.45, 7) is 0. The Bertz CT molecular complexity index is 987. The summed E-state index contributed by atoms with van der Waals surface area (Å²) >= 11 is 5.44. The average molecular weight is 405 g/mol. The molecule has 4 nitrogen and oxygen atoms in total. The van der Waals surface area contributed by atoms with Gasteiger partial charge in [-0.25, -0.2) is 0 Å². The third kappa shape index (κ3) is 3.51. The molecular weight excluding hydrogens is 388 g/mol. The quantitative estimate of drug-likeness (QED) is 0.310. The van der Waals surface area contributed by atoms with Gasteiger partial charge in [0.05, 0.1) is 37.3 Å². The molecule has 0 aliphatic carbocycles. The smallest absolute Gasteiger partial charge is 0.200 e. The van der Waals surface area contributed by atoms with Gasteiger partial charge in [0, 0.05) is 6.07 Å². The molecule has 0 aliphatic heterocycles. The zero-order chi connectivity index (χ0) is 18.7. The second-order valence-electron chi connectivity index (χ2n) is 5.28. The Morgan fingerprint density at radius 2 is 1.54 bits per heavy atom. The van der Waals surface area contributed by atoms with Crippen LogP contribution in [0.5, 0.6) is 17.2 Å². The maximum atomic E-state index is 13.2. The molecule has 1 heterocycles. The van der Waals surface area contributed by atoms with Gasteiger partial charge in [-0.05, 0) is 42.0 Å². The Balaban J connectivity index is 2.08. The van der Waals surface area contributed by atoms with Crippen LogP contribution in [0, 0.1) is 3.82 Å². The van der Waals surface area contributed by atoms with Gasteiger partial charge in [0.2, 0.25) is 5.78 Å². The summed E-state index contributed by atoms with van der Waals surface area (Å²) < 4.78 is 16.4. The van der Waals surface area contributed by atoms with Crippen molar-refractivity contribution in [2.24, 2.45) is 0 Å². The van der Waals surface area contributed by atoms with Gasteiger partial charge in [-0.15, -0.1) is 0 Å². The summed E-state index contributed by atoms with van der Waals surface area (Å²) in [6.07, 6.45) is 0. The van der Waals surface area contributed by atoms with Crippen LogP contribution in [0.15, 0.2) is 42.5 Å². The van der Waals surface area contributed by atoms with E-state index in [4.69, 9.17) is 26.4 Å². The highest BCUT2D eigenvalue weighted by Crippen LogP contribution is 2.38. The first-order valence-corrected chi connectivity index (χ1v) is 10.2. The summed E-state index contributed by atoms with van der Waals surface area (Å²) in [5.74, 6) is 1.69. The molecule has 0 N–H and O–H groups in total. The van der Waals surface area contributed by atoms with Crippen LogP contribution in [-0.4, -0.2) is 27.1 Å². The fourth-order valence-electron chi connectivity index (χ4n) is 2.51. The van der Waals surface area contributed by atoms with Crippen LogP contribution in [0.1, 0.15) is 15.9 Å². The second kappa shape index (κ2) is 7.99. The van der Waals surface area contributed by atoms with Gasteiger partial charge in [-0.3, -0.25) is 4.79 Å². The third-order valence-corrected chi connectivity index (χ3v) is 6.93. The SMILES string of the molecule is COc1ccc(-c2ssc(=S)c2C(=O)c2ccc(OC)cc2OC)cc1. The highest BCUT2D eigenvalue weighted by Gasteiger charge is 2.22. The molecule has 0 spiro atoms. The maximum Gasteiger partial charge on any atom is 0.200 e. The highest BCUT2D eigenvalue weighted by atomic mass is 32.9. The molecule has 0 fully saturated rings. The number of carbonyl (C=O) groups is 1. The molecular formula is C19H16O4S3. The lowest BCUT2D eigenvalue weighted by atomic mass is 10.0. The minimum atomic E-state index is -0.155. The van der Waals surface area contributed by atoms with Gasteiger partial charge in [0.25, 0.3) is 0 Å². The van der Waals surface area contributed by atoms with Crippen LogP contribution in [0.4, 0.5) is 0 Å². The normalized spacial score (nSPS) is 10.4. The third-order valence-electron chi connectivity index (χ3n) is 3.86. The molecule has 0 saturated heterocycles. The van der Waals surface area contributed by atoms with E-state index in [2.05, 4.69) is 0 Å². The van der Waals surface area contributed by atoms with Gasteiger partial charge in [-0.1, -0.05) is 32.9 Å². The molecule has 0 radical (unpaired) electrons. The second-order valence-corrected chi connectivity index (χ2v) is 8.10. The molecule has 26 heavy (non-hydrogen) atoms. The fourth-order valence-corrected chi connectivity index (χ4v) is 5.35. The highest BCUT2D eigenvalue weighted by molar-refractivity contribution is 7.80. The molecule has 3 rings (SSSR count). The number of hydrogen-bond acceptors (Lipinski definition) is 7. The van der Waals surface area contributed by atoms with Gasteiger partial charge >= 0.3 is 0 Å². The van der Waals surface area contributed by atoms with Crippen molar-refractivity contribution in [1.29, 1.82) is 0 Å². The number of ether oxygens (including phenoxy) is 3. The topological polar surface area (TPSA) is 44.8 Å². The van der Waals surface area contributed by atoms with Gasteiger partial charge in [-0.2, -0.15) is 0 Å². The monoisotopic (exact) mass is 404 g/mol. The summed E-state index contributed by atoms with van der Waals surface area (Å²) in [5, 5.41) is 0. The Labute approximate surface area is 164 Å². The van der Waals surface area contributed by atoms with Crippen molar-refractivity contribution in [1.82, 2.24) is 0 Å². The Hall–Kier alpha value is -2.22. The molecule has 0 saturated carbocycles. The number of methoxy groups -OCH3 is 3. The maximum absolute atomic E-state index is 13.2. The molecule has 3 aromatic rings. The first-order chi connectivity index (χ1) is 12.6. The minimum Gasteiger partial charge on any atom is -0.497 e. The number of ketones is 1. The largest absolute Gasteiger partial charge is 0.497 e. The minimum absolute atomic E-state index is 0.155. The number of hydrogen-bond donors (Lipinski definition) is 0. The summed E-state index contributed by atoms with van der Waals surface area (Å²) in [7, 11) is 7.63. The molecule has 2 aromatic carbocycles. The Morgan fingerprint density at radius 3 is 2.15 bits per heavy atom. The van der Waals surface area contributed by atoms with E-state index in [1.165, 1.54) is 27.8 Å². The van der Waals surface area contributed by atoms with E-state index in [0.29, 0.717) is 26.4 Å².